The molecule has 1 saturated heterocycles. The first-order chi connectivity index (χ1) is 11.3. The van der Waals surface area contributed by atoms with Crippen LogP contribution in [0.25, 0.3) is 0 Å². The van der Waals surface area contributed by atoms with E-state index >= 15 is 0 Å². The zero-order chi connectivity index (χ0) is 18.2. The summed E-state index contributed by atoms with van der Waals surface area (Å²) in [4.78, 5) is 10.6. The van der Waals surface area contributed by atoms with E-state index in [0.717, 1.165) is 19.3 Å². The number of carbonyl (C=O) groups is 1. The van der Waals surface area contributed by atoms with Crippen LogP contribution in [0, 0.1) is 0 Å². The fourth-order valence-electron chi connectivity index (χ4n) is 3.12. The highest BCUT2D eigenvalue weighted by molar-refractivity contribution is 7.82. The zero-order valence-corrected chi connectivity index (χ0v) is 15.9. The van der Waals surface area contributed by atoms with Gasteiger partial charge in [-0.3, -0.25) is 4.79 Å². The summed E-state index contributed by atoms with van der Waals surface area (Å²) in [6, 6.07) is 0. The SMILES string of the molecule is CCCCCCCCCCCC(=O)[C@@]1(S)O[C@@H](C)[C@@H](O)[C@@H](O)[C@@H]1O. The van der Waals surface area contributed by atoms with Crippen molar-refractivity contribution in [2.24, 2.45) is 0 Å². The Bertz CT molecular complexity index is 378. The van der Waals surface area contributed by atoms with Crippen LogP contribution >= 0.6 is 12.6 Å². The van der Waals surface area contributed by atoms with E-state index < -0.39 is 29.3 Å². The number of aliphatic hydroxyl groups is 3. The molecule has 1 aliphatic heterocycles. The highest BCUT2D eigenvalue weighted by Crippen LogP contribution is 2.35. The smallest absolute Gasteiger partial charge is 0.198 e. The molecular formula is C18H34O5S. The predicted molar refractivity (Wildman–Crippen MR) is 97.1 cm³/mol. The number of carbonyl (C=O) groups excluding carboxylic acids is 1. The van der Waals surface area contributed by atoms with Crippen LogP contribution < -0.4 is 0 Å². The van der Waals surface area contributed by atoms with Crippen LogP contribution in [0.5, 0.6) is 0 Å². The molecule has 0 bridgehead atoms. The number of aliphatic hydroxyl groups excluding tert-OH is 3. The molecule has 0 aromatic carbocycles. The third-order valence-electron chi connectivity index (χ3n) is 4.83. The minimum atomic E-state index is -1.74. The van der Waals surface area contributed by atoms with E-state index in [1.807, 2.05) is 0 Å². The van der Waals surface area contributed by atoms with Gasteiger partial charge in [-0.1, -0.05) is 58.3 Å². The van der Waals surface area contributed by atoms with E-state index in [9.17, 15) is 20.1 Å². The summed E-state index contributed by atoms with van der Waals surface area (Å²) in [5.41, 5.74) is 0. The molecule has 0 radical (unpaired) electrons. The Hall–Kier alpha value is -0.140. The van der Waals surface area contributed by atoms with Gasteiger partial charge >= 0.3 is 0 Å². The molecule has 1 heterocycles. The number of ketones is 1. The van der Waals surface area contributed by atoms with E-state index in [0.29, 0.717) is 0 Å². The van der Waals surface area contributed by atoms with Gasteiger partial charge in [-0.25, -0.2) is 0 Å². The fourth-order valence-corrected chi connectivity index (χ4v) is 3.56. The molecular weight excluding hydrogens is 328 g/mol. The van der Waals surface area contributed by atoms with E-state index in [-0.39, 0.29) is 12.2 Å². The van der Waals surface area contributed by atoms with Gasteiger partial charge in [0.05, 0.1) is 6.10 Å². The van der Waals surface area contributed by atoms with Crippen LogP contribution in [0.1, 0.15) is 78.1 Å². The van der Waals surface area contributed by atoms with Gasteiger partial charge in [-0.2, -0.15) is 0 Å². The van der Waals surface area contributed by atoms with Crippen LogP contribution in [-0.2, 0) is 9.53 Å². The number of ether oxygens (including phenoxy) is 1. The Kier molecular flexibility index (Phi) is 9.82. The summed E-state index contributed by atoms with van der Waals surface area (Å²) in [7, 11) is 0. The molecule has 0 aromatic heterocycles. The van der Waals surface area contributed by atoms with Crippen LogP contribution in [0.4, 0.5) is 0 Å². The maximum absolute atomic E-state index is 12.4. The lowest BCUT2D eigenvalue weighted by Crippen LogP contribution is -2.64. The number of rotatable bonds is 11. The monoisotopic (exact) mass is 362 g/mol. The summed E-state index contributed by atoms with van der Waals surface area (Å²) in [6.07, 6.45) is 5.67. The highest BCUT2D eigenvalue weighted by Gasteiger charge is 2.54. The lowest BCUT2D eigenvalue weighted by Gasteiger charge is -2.44. The molecule has 6 heteroatoms. The van der Waals surface area contributed by atoms with E-state index in [1.54, 1.807) is 6.92 Å². The molecule has 0 unspecified atom stereocenters. The van der Waals surface area contributed by atoms with E-state index in [1.165, 1.54) is 38.5 Å². The minimum Gasteiger partial charge on any atom is -0.388 e. The molecule has 0 aliphatic carbocycles. The van der Waals surface area contributed by atoms with E-state index in [2.05, 4.69) is 19.6 Å². The molecule has 0 saturated carbocycles. The molecule has 1 rings (SSSR count). The van der Waals surface area contributed by atoms with Crippen molar-refractivity contribution >= 4 is 18.4 Å². The number of thiol groups is 1. The number of hydrogen-bond donors (Lipinski definition) is 4. The van der Waals surface area contributed by atoms with Crippen molar-refractivity contribution in [3.05, 3.63) is 0 Å². The van der Waals surface area contributed by atoms with Crippen molar-refractivity contribution in [2.75, 3.05) is 0 Å². The Morgan fingerprint density at radius 1 is 0.958 bits per heavy atom. The van der Waals surface area contributed by atoms with Gasteiger partial charge < -0.3 is 20.1 Å². The van der Waals surface area contributed by atoms with Crippen LogP contribution in [0.2, 0.25) is 0 Å². The predicted octanol–water partition coefficient (Wildman–Crippen LogP) is 2.60. The largest absolute Gasteiger partial charge is 0.388 e. The van der Waals surface area contributed by atoms with Crippen molar-refractivity contribution in [3.63, 3.8) is 0 Å². The molecule has 24 heavy (non-hydrogen) atoms. The van der Waals surface area contributed by atoms with Crippen molar-refractivity contribution < 1.29 is 24.9 Å². The van der Waals surface area contributed by atoms with Gasteiger partial charge in [0.15, 0.2) is 10.7 Å². The summed E-state index contributed by atoms with van der Waals surface area (Å²) >= 11 is 4.20. The van der Waals surface area contributed by atoms with Crippen molar-refractivity contribution in [1.29, 1.82) is 0 Å². The lowest BCUT2D eigenvalue weighted by molar-refractivity contribution is -0.226. The first kappa shape index (κ1) is 21.9. The Labute approximate surface area is 151 Å². The van der Waals surface area contributed by atoms with E-state index in [4.69, 9.17) is 4.74 Å². The fraction of sp³-hybridized carbons (Fsp3) is 0.944. The third-order valence-corrected chi connectivity index (χ3v) is 5.45. The van der Waals surface area contributed by atoms with Gasteiger partial charge in [-0.05, 0) is 13.3 Å². The average molecular weight is 363 g/mol. The Morgan fingerprint density at radius 2 is 1.46 bits per heavy atom. The van der Waals surface area contributed by atoms with Crippen molar-refractivity contribution in [1.82, 2.24) is 0 Å². The average Bonchev–Trinajstić information content (AvgIpc) is 2.56. The van der Waals surface area contributed by atoms with Gasteiger partial charge in [0.25, 0.3) is 0 Å². The Morgan fingerprint density at radius 3 is 2.00 bits per heavy atom. The van der Waals surface area contributed by atoms with Crippen molar-refractivity contribution in [2.45, 2.75) is 107 Å². The second-order valence-corrected chi connectivity index (χ2v) is 7.61. The highest BCUT2D eigenvalue weighted by atomic mass is 32.1. The first-order valence-corrected chi connectivity index (χ1v) is 9.77. The second-order valence-electron chi connectivity index (χ2n) is 6.95. The molecule has 0 amide bonds. The third kappa shape index (κ3) is 5.99. The molecule has 1 aliphatic rings. The molecule has 0 spiro atoms. The van der Waals surface area contributed by atoms with Crippen LogP contribution in [-0.4, -0.2) is 50.5 Å². The van der Waals surface area contributed by atoms with Crippen LogP contribution in [0.15, 0.2) is 0 Å². The first-order valence-electron chi connectivity index (χ1n) is 9.32. The van der Waals surface area contributed by atoms with Gasteiger partial charge in [0.1, 0.15) is 18.3 Å². The summed E-state index contributed by atoms with van der Waals surface area (Å²) in [6.45, 7) is 3.76. The number of unbranched alkanes of at least 4 members (excludes halogenated alkanes) is 8. The maximum atomic E-state index is 12.4. The lowest BCUT2D eigenvalue weighted by atomic mass is 9.91. The number of Topliss-reactive ketones (excluding diaryl/α,β-unsaturated/α-hetero) is 1. The molecule has 5 nitrogen and oxygen atoms in total. The molecule has 0 aromatic rings. The maximum Gasteiger partial charge on any atom is 0.198 e. The van der Waals surface area contributed by atoms with Crippen LogP contribution in [0.3, 0.4) is 0 Å². The van der Waals surface area contributed by atoms with Gasteiger partial charge in [0.2, 0.25) is 0 Å². The second kappa shape index (κ2) is 10.8. The normalized spacial score (nSPS) is 33.6. The molecule has 5 atom stereocenters. The minimum absolute atomic E-state index is 0.256. The van der Waals surface area contributed by atoms with Gasteiger partial charge in [0, 0.05) is 6.42 Å². The summed E-state index contributed by atoms with van der Waals surface area (Å²) in [5.74, 6) is -0.334. The molecule has 1 fully saturated rings. The standard InChI is InChI=1S/C18H34O5S/c1-3-4-5-6-7-8-9-10-11-12-14(19)18(24)17(22)16(21)15(20)13(2)23-18/h13,15-17,20-22,24H,3-12H2,1-2H3/t13-,15+,16+,17-,18-/m0/s1. The summed E-state index contributed by atoms with van der Waals surface area (Å²) in [5, 5.41) is 29.6. The summed E-state index contributed by atoms with van der Waals surface area (Å²) < 4.78 is 5.42. The van der Waals surface area contributed by atoms with Gasteiger partial charge in [-0.15, -0.1) is 12.6 Å². The quantitative estimate of drug-likeness (QED) is 0.335. The van der Waals surface area contributed by atoms with Crippen molar-refractivity contribution in [3.8, 4) is 0 Å². The molecule has 142 valence electrons. The zero-order valence-electron chi connectivity index (χ0n) is 15.0. The Balaban J connectivity index is 2.27. The topological polar surface area (TPSA) is 87.0 Å². The number of hydrogen-bond acceptors (Lipinski definition) is 6. The molecule has 3 N–H and O–H groups in total.